The van der Waals surface area contributed by atoms with Gasteiger partial charge in [-0.25, -0.2) is 0 Å². The summed E-state index contributed by atoms with van der Waals surface area (Å²) >= 11 is 0. The Kier molecular flexibility index (Phi) is 5.83. The molecule has 1 aromatic heterocycles. The minimum absolute atomic E-state index is 0.312. The summed E-state index contributed by atoms with van der Waals surface area (Å²) in [5.41, 5.74) is 0. The smallest absolute Gasteiger partial charge is 0.321 e. The average molecular weight is 280 g/mol. The van der Waals surface area contributed by atoms with Crippen LogP contribution in [0.2, 0.25) is 0 Å². The first-order valence-corrected chi connectivity index (χ1v) is 7.94. The highest BCUT2D eigenvalue weighted by molar-refractivity contribution is 5.18. The van der Waals surface area contributed by atoms with Crippen molar-refractivity contribution in [3.63, 3.8) is 0 Å². The van der Waals surface area contributed by atoms with Crippen LogP contribution >= 0.6 is 0 Å². The second-order valence-electron chi connectivity index (χ2n) is 6.17. The molecule has 2 rings (SSSR count). The molecule has 0 amide bonds. The molecule has 5 nitrogen and oxygen atoms in total. The Morgan fingerprint density at radius 3 is 2.70 bits per heavy atom. The molecule has 1 aliphatic rings. The highest BCUT2D eigenvalue weighted by Crippen LogP contribution is 2.21. The summed E-state index contributed by atoms with van der Waals surface area (Å²) in [7, 11) is 2.25. The minimum Gasteiger partial charge on any atom is -0.338 e. The van der Waals surface area contributed by atoms with Crippen LogP contribution in [-0.4, -0.2) is 41.2 Å². The van der Waals surface area contributed by atoms with E-state index in [0.29, 0.717) is 11.9 Å². The van der Waals surface area contributed by atoms with Gasteiger partial charge in [-0.3, -0.25) is 0 Å². The molecule has 1 heterocycles. The van der Waals surface area contributed by atoms with Crippen molar-refractivity contribution in [1.82, 2.24) is 15.0 Å². The molecule has 1 saturated carbocycles. The van der Waals surface area contributed by atoms with Gasteiger partial charge < -0.3 is 14.7 Å². The lowest BCUT2D eigenvalue weighted by Crippen LogP contribution is -2.34. The third-order valence-electron chi connectivity index (χ3n) is 4.12. The lowest BCUT2D eigenvalue weighted by atomic mass is 9.94. The molecule has 1 fully saturated rings. The molecule has 0 spiro atoms. The summed E-state index contributed by atoms with van der Waals surface area (Å²) in [6, 6.07) is 1.34. The number of hydrogen-bond acceptors (Lipinski definition) is 5. The van der Waals surface area contributed by atoms with Crippen LogP contribution in [0, 0.1) is 0 Å². The second-order valence-corrected chi connectivity index (χ2v) is 6.17. The predicted octanol–water partition coefficient (Wildman–Crippen LogP) is 3.26. The van der Waals surface area contributed by atoms with E-state index in [4.69, 9.17) is 4.52 Å². The number of rotatable bonds is 7. The van der Waals surface area contributed by atoms with Gasteiger partial charge in [0, 0.05) is 18.5 Å². The fraction of sp³-hybridized carbons (Fsp3) is 0.867. The third kappa shape index (κ3) is 4.47. The van der Waals surface area contributed by atoms with Crippen LogP contribution in [0.3, 0.4) is 0 Å². The van der Waals surface area contributed by atoms with Crippen LogP contribution in [0.4, 0.5) is 6.01 Å². The van der Waals surface area contributed by atoms with Crippen LogP contribution in [0.5, 0.6) is 0 Å². The Balaban J connectivity index is 1.62. The summed E-state index contributed by atoms with van der Waals surface area (Å²) < 4.78 is 5.16. The van der Waals surface area contributed by atoms with Gasteiger partial charge in [0.1, 0.15) is 0 Å². The Morgan fingerprint density at radius 1 is 1.30 bits per heavy atom. The third-order valence-corrected chi connectivity index (χ3v) is 4.12. The van der Waals surface area contributed by atoms with Crippen LogP contribution < -0.4 is 5.32 Å². The number of nitrogens with one attached hydrogen (secondary N) is 1. The Morgan fingerprint density at radius 2 is 2.05 bits per heavy atom. The van der Waals surface area contributed by atoms with Crippen LogP contribution in [0.1, 0.15) is 64.1 Å². The zero-order chi connectivity index (χ0) is 14.4. The molecule has 0 saturated heterocycles. The topological polar surface area (TPSA) is 54.2 Å². The summed E-state index contributed by atoms with van der Waals surface area (Å²) in [6.07, 6.45) is 8.05. The Hall–Kier alpha value is -1.10. The summed E-state index contributed by atoms with van der Waals surface area (Å²) in [5.74, 6) is 1.08. The minimum atomic E-state index is 0.312. The highest BCUT2D eigenvalue weighted by atomic mass is 16.5. The molecule has 0 radical (unpaired) electrons. The van der Waals surface area contributed by atoms with Gasteiger partial charge in [0.05, 0.1) is 0 Å². The van der Waals surface area contributed by atoms with Crippen molar-refractivity contribution >= 4 is 6.01 Å². The van der Waals surface area contributed by atoms with Gasteiger partial charge in [0.15, 0.2) is 5.82 Å². The van der Waals surface area contributed by atoms with Crippen LogP contribution in [-0.2, 0) is 0 Å². The molecule has 5 heteroatoms. The van der Waals surface area contributed by atoms with Crippen molar-refractivity contribution < 1.29 is 4.52 Å². The molecule has 0 unspecified atom stereocenters. The monoisotopic (exact) mass is 280 g/mol. The molecule has 114 valence electrons. The quantitative estimate of drug-likeness (QED) is 0.777. The van der Waals surface area contributed by atoms with Crippen molar-refractivity contribution in [2.24, 2.45) is 0 Å². The molecule has 1 aliphatic carbocycles. The number of hydrogen-bond donors (Lipinski definition) is 1. The van der Waals surface area contributed by atoms with Crippen molar-refractivity contribution in [3.8, 4) is 0 Å². The predicted molar refractivity (Wildman–Crippen MR) is 81.0 cm³/mol. The van der Waals surface area contributed by atoms with E-state index in [-0.39, 0.29) is 0 Å². The number of anilines is 1. The summed E-state index contributed by atoms with van der Waals surface area (Å²) in [4.78, 5) is 6.82. The van der Waals surface area contributed by atoms with Crippen molar-refractivity contribution in [2.75, 3.05) is 25.5 Å². The summed E-state index contributed by atoms with van der Waals surface area (Å²) in [6.45, 7) is 6.14. The average Bonchev–Trinajstić information content (AvgIpc) is 2.93. The van der Waals surface area contributed by atoms with E-state index < -0.39 is 0 Å². The highest BCUT2D eigenvalue weighted by Gasteiger charge is 2.17. The first-order valence-electron chi connectivity index (χ1n) is 7.94. The summed E-state index contributed by atoms with van der Waals surface area (Å²) in [5, 5.41) is 7.16. The number of aromatic nitrogens is 2. The molecule has 0 aliphatic heterocycles. The molecule has 0 aromatic carbocycles. The largest absolute Gasteiger partial charge is 0.338 e. The molecular formula is C15H28N4O. The van der Waals surface area contributed by atoms with Gasteiger partial charge in [-0.15, -0.1) is 0 Å². The molecule has 0 bridgehead atoms. The fourth-order valence-electron chi connectivity index (χ4n) is 2.77. The standard InChI is InChI=1S/C15H28N4O/c1-12(2)14-17-15(20-18-14)16-10-7-11-19(3)13-8-5-4-6-9-13/h12-13H,4-11H2,1-3H3,(H,16,17,18). The van der Waals surface area contributed by atoms with Crippen LogP contribution in [0.25, 0.3) is 0 Å². The fourth-order valence-corrected chi connectivity index (χ4v) is 2.77. The normalized spacial score (nSPS) is 17.1. The van der Waals surface area contributed by atoms with E-state index >= 15 is 0 Å². The van der Waals surface area contributed by atoms with Gasteiger partial charge >= 0.3 is 6.01 Å². The maximum atomic E-state index is 5.16. The van der Waals surface area contributed by atoms with Crippen LogP contribution in [0.15, 0.2) is 4.52 Å². The lowest BCUT2D eigenvalue weighted by molar-refractivity contribution is 0.191. The second kappa shape index (κ2) is 7.62. The molecule has 1 aromatic rings. The van der Waals surface area contributed by atoms with E-state index in [9.17, 15) is 0 Å². The Labute approximate surface area is 122 Å². The van der Waals surface area contributed by atoms with E-state index in [1.165, 1.54) is 32.1 Å². The maximum absolute atomic E-state index is 5.16. The van der Waals surface area contributed by atoms with Gasteiger partial charge in [-0.05, 0) is 32.9 Å². The van der Waals surface area contributed by atoms with Crippen molar-refractivity contribution in [1.29, 1.82) is 0 Å². The number of nitrogens with zero attached hydrogens (tertiary/aromatic N) is 3. The van der Waals surface area contributed by atoms with Gasteiger partial charge in [-0.2, -0.15) is 4.98 Å². The van der Waals surface area contributed by atoms with Crippen molar-refractivity contribution in [3.05, 3.63) is 5.82 Å². The van der Waals surface area contributed by atoms with E-state index in [1.807, 2.05) is 0 Å². The van der Waals surface area contributed by atoms with Gasteiger partial charge in [-0.1, -0.05) is 38.3 Å². The Bertz CT molecular complexity index is 385. The van der Waals surface area contributed by atoms with E-state index in [1.54, 1.807) is 0 Å². The van der Waals surface area contributed by atoms with Gasteiger partial charge in [0.2, 0.25) is 0 Å². The molecule has 0 atom stereocenters. The molecular weight excluding hydrogens is 252 g/mol. The van der Waals surface area contributed by atoms with Crippen molar-refractivity contribution in [2.45, 2.75) is 64.3 Å². The maximum Gasteiger partial charge on any atom is 0.321 e. The van der Waals surface area contributed by atoms with E-state index in [2.05, 4.69) is 41.3 Å². The van der Waals surface area contributed by atoms with E-state index in [0.717, 1.165) is 31.4 Å². The first-order chi connectivity index (χ1) is 9.66. The zero-order valence-electron chi connectivity index (χ0n) is 13.1. The lowest BCUT2D eigenvalue weighted by Gasteiger charge is -2.31. The SMILES string of the molecule is CC(C)c1noc(NCCCN(C)C2CCCCC2)n1. The molecule has 1 N–H and O–H groups in total. The zero-order valence-corrected chi connectivity index (χ0v) is 13.1. The first kappa shape index (κ1) is 15.3. The van der Waals surface area contributed by atoms with Gasteiger partial charge in [0.25, 0.3) is 0 Å². The molecule has 20 heavy (non-hydrogen) atoms.